The number of nitrogens with zero attached hydrogens (tertiary/aromatic N) is 1. The maximum Gasteiger partial charge on any atom is 0.248 e. The summed E-state index contributed by atoms with van der Waals surface area (Å²) >= 11 is 0. The fourth-order valence-electron chi connectivity index (χ4n) is 2.13. The Labute approximate surface area is 144 Å². The van der Waals surface area contributed by atoms with Gasteiger partial charge in [-0.2, -0.15) is 0 Å². The molecule has 0 spiro atoms. The molecule has 5 heteroatoms. The second-order valence-electron chi connectivity index (χ2n) is 5.12. The molecule has 0 saturated carbocycles. The monoisotopic (exact) mass is 332 g/mol. The van der Waals surface area contributed by atoms with Gasteiger partial charge in [-0.05, 0) is 32.1 Å². The van der Waals surface area contributed by atoms with E-state index in [1.165, 1.54) is 6.08 Å². The molecule has 0 aliphatic rings. The molecule has 0 aromatic heterocycles. The van der Waals surface area contributed by atoms with Gasteiger partial charge in [0, 0.05) is 24.4 Å². The van der Waals surface area contributed by atoms with Crippen molar-refractivity contribution in [2.24, 2.45) is 0 Å². The Morgan fingerprint density at radius 3 is 2.58 bits per heavy atom. The van der Waals surface area contributed by atoms with Crippen molar-refractivity contribution in [1.82, 2.24) is 4.90 Å². The lowest BCUT2D eigenvalue weighted by Crippen LogP contribution is -2.28. The normalized spacial score (nSPS) is 11.4. The summed E-state index contributed by atoms with van der Waals surface area (Å²) < 4.78 is 11.2. The first kappa shape index (κ1) is 19.8. The van der Waals surface area contributed by atoms with E-state index < -0.39 is 0 Å². The molecule has 0 radical (unpaired) electrons. The minimum Gasteiger partial charge on any atom is -0.493 e. The number of carbonyl (C=O) groups is 1. The van der Waals surface area contributed by atoms with Crippen LogP contribution < -0.4 is 14.8 Å². The number of hydrogen-bond donors (Lipinski definition) is 1. The zero-order valence-electron chi connectivity index (χ0n) is 15.0. The summed E-state index contributed by atoms with van der Waals surface area (Å²) in [5.74, 6) is 1.09. The zero-order valence-corrected chi connectivity index (χ0v) is 15.0. The van der Waals surface area contributed by atoms with Crippen molar-refractivity contribution in [3.63, 3.8) is 0 Å². The number of carbonyl (C=O) groups excluding carboxylic acids is 1. The number of hydrogen-bond acceptors (Lipinski definition) is 4. The summed E-state index contributed by atoms with van der Waals surface area (Å²) in [7, 11) is 1.60. The standard InChI is InChI=1S/C19H28N2O3/c1-5-8-9-10-19(22)20-16-11-12-17(23-4)18(15-16)24-14-13-21(6-2)7-3/h5,8-12,15H,6-7,13-14H2,1-4H3,(H,20,22). The molecule has 5 nitrogen and oxygen atoms in total. The van der Waals surface area contributed by atoms with E-state index in [-0.39, 0.29) is 5.91 Å². The third-order valence-electron chi connectivity index (χ3n) is 3.54. The number of nitrogens with one attached hydrogen (secondary N) is 1. The van der Waals surface area contributed by atoms with Crippen LogP contribution in [-0.2, 0) is 4.79 Å². The van der Waals surface area contributed by atoms with Crippen LogP contribution in [0.5, 0.6) is 11.5 Å². The summed E-state index contributed by atoms with van der Waals surface area (Å²) in [5.41, 5.74) is 0.670. The summed E-state index contributed by atoms with van der Waals surface area (Å²) in [6.45, 7) is 9.54. The minimum atomic E-state index is -0.188. The lowest BCUT2D eigenvalue weighted by atomic mass is 10.2. The molecule has 0 saturated heterocycles. The molecule has 132 valence electrons. The van der Waals surface area contributed by atoms with Gasteiger partial charge in [0.2, 0.25) is 5.91 Å². The van der Waals surface area contributed by atoms with Crippen LogP contribution in [0.3, 0.4) is 0 Å². The lowest BCUT2D eigenvalue weighted by molar-refractivity contribution is -0.111. The van der Waals surface area contributed by atoms with E-state index in [2.05, 4.69) is 24.1 Å². The largest absolute Gasteiger partial charge is 0.493 e. The summed E-state index contributed by atoms with van der Waals surface area (Å²) in [6.07, 6.45) is 6.83. The van der Waals surface area contributed by atoms with Gasteiger partial charge in [0.25, 0.3) is 0 Å². The number of allylic oxidation sites excluding steroid dienone is 3. The van der Waals surface area contributed by atoms with Gasteiger partial charge in [-0.15, -0.1) is 0 Å². The average Bonchev–Trinajstić information content (AvgIpc) is 2.59. The number of likely N-dealkylation sites (N-methyl/N-ethyl adjacent to an activating group) is 1. The van der Waals surface area contributed by atoms with E-state index >= 15 is 0 Å². The van der Waals surface area contributed by atoms with Crippen molar-refractivity contribution < 1.29 is 14.3 Å². The predicted octanol–water partition coefficient (Wildman–Crippen LogP) is 3.49. The Morgan fingerprint density at radius 1 is 1.21 bits per heavy atom. The van der Waals surface area contributed by atoms with Crippen LogP contribution in [0.25, 0.3) is 0 Å². The van der Waals surface area contributed by atoms with Crippen LogP contribution >= 0.6 is 0 Å². The summed E-state index contributed by atoms with van der Waals surface area (Å²) in [6, 6.07) is 5.36. The van der Waals surface area contributed by atoms with Crippen LogP contribution in [-0.4, -0.2) is 44.2 Å². The fourth-order valence-corrected chi connectivity index (χ4v) is 2.13. The number of methoxy groups -OCH3 is 1. The van der Waals surface area contributed by atoms with Gasteiger partial charge >= 0.3 is 0 Å². The van der Waals surface area contributed by atoms with Crippen molar-refractivity contribution >= 4 is 11.6 Å². The Morgan fingerprint density at radius 2 is 1.96 bits per heavy atom. The predicted molar refractivity (Wildman–Crippen MR) is 98.9 cm³/mol. The molecule has 1 N–H and O–H groups in total. The van der Waals surface area contributed by atoms with Crippen LogP contribution in [0, 0.1) is 0 Å². The molecule has 0 heterocycles. The number of rotatable bonds is 10. The maximum absolute atomic E-state index is 11.8. The molecule has 1 amide bonds. The van der Waals surface area contributed by atoms with E-state index in [0.717, 1.165) is 19.6 Å². The van der Waals surface area contributed by atoms with Crippen molar-refractivity contribution in [2.45, 2.75) is 20.8 Å². The van der Waals surface area contributed by atoms with Crippen LogP contribution in [0.1, 0.15) is 20.8 Å². The van der Waals surface area contributed by atoms with Crippen molar-refractivity contribution in [3.8, 4) is 11.5 Å². The highest BCUT2D eigenvalue weighted by atomic mass is 16.5. The molecule has 0 aliphatic carbocycles. The van der Waals surface area contributed by atoms with E-state index in [1.54, 1.807) is 37.5 Å². The molecule has 0 atom stereocenters. The van der Waals surface area contributed by atoms with Crippen LogP contribution in [0.2, 0.25) is 0 Å². The number of benzene rings is 1. The Hall–Kier alpha value is -2.27. The van der Waals surface area contributed by atoms with Crippen molar-refractivity contribution in [2.75, 3.05) is 38.7 Å². The van der Waals surface area contributed by atoms with Gasteiger partial charge in [0.05, 0.1) is 7.11 Å². The molecule has 0 unspecified atom stereocenters. The van der Waals surface area contributed by atoms with Gasteiger partial charge in [0.15, 0.2) is 11.5 Å². The minimum absolute atomic E-state index is 0.188. The summed E-state index contributed by atoms with van der Waals surface area (Å²) in [5, 5.41) is 2.81. The number of anilines is 1. The molecule has 1 rings (SSSR count). The van der Waals surface area contributed by atoms with Crippen molar-refractivity contribution in [1.29, 1.82) is 0 Å². The number of amides is 1. The first-order valence-electron chi connectivity index (χ1n) is 8.28. The Balaban J connectivity index is 2.71. The van der Waals surface area contributed by atoms with E-state index in [0.29, 0.717) is 23.8 Å². The smallest absolute Gasteiger partial charge is 0.248 e. The Bertz CT molecular complexity index is 564. The highest BCUT2D eigenvalue weighted by molar-refractivity contribution is 5.99. The van der Waals surface area contributed by atoms with E-state index in [4.69, 9.17) is 9.47 Å². The molecule has 0 fully saturated rings. The van der Waals surface area contributed by atoms with Gasteiger partial charge in [-0.25, -0.2) is 0 Å². The van der Waals surface area contributed by atoms with E-state index in [1.807, 2.05) is 13.0 Å². The average molecular weight is 332 g/mol. The first-order chi connectivity index (χ1) is 11.6. The SMILES string of the molecule is CC=CC=CC(=O)Nc1ccc(OC)c(OCCN(CC)CC)c1. The molecule has 0 bridgehead atoms. The second kappa shape index (κ2) is 11.3. The fraction of sp³-hybridized carbons (Fsp3) is 0.421. The topological polar surface area (TPSA) is 50.8 Å². The quantitative estimate of drug-likeness (QED) is 0.526. The first-order valence-corrected chi connectivity index (χ1v) is 8.28. The van der Waals surface area contributed by atoms with Gasteiger partial charge in [0.1, 0.15) is 6.61 Å². The second-order valence-corrected chi connectivity index (χ2v) is 5.12. The highest BCUT2D eigenvalue weighted by Gasteiger charge is 2.08. The van der Waals surface area contributed by atoms with Gasteiger partial charge in [-0.3, -0.25) is 4.79 Å². The zero-order chi connectivity index (χ0) is 17.8. The maximum atomic E-state index is 11.8. The summed E-state index contributed by atoms with van der Waals surface area (Å²) in [4.78, 5) is 14.1. The van der Waals surface area contributed by atoms with E-state index in [9.17, 15) is 4.79 Å². The van der Waals surface area contributed by atoms with Gasteiger partial charge in [-0.1, -0.05) is 32.1 Å². The molecule has 1 aromatic carbocycles. The molecule has 24 heavy (non-hydrogen) atoms. The Kier molecular flexibility index (Phi) is 9.31. The molecular weight excluding hydrogens is 304 g/mol. The molecule has 0 aliphatic heterocycles. The lowest BCUT2D eigenvalue weighted by Gasteiger charge is -2.19. The molecular formula is C19H28N2O3. The third-order valence-corrected chi connectivity index (χ3v) is 3.54. The highest BCUT2D eigenvalue weighted by Crippen LogP contribution is 2.30. The van der Waals surface area contributed by atoms with Crippen LogP contribution in [0.15, 0.2) is 42.5 Å². The van der Waals surface area contributed by atoms with Crippen molar-refractivity contribution in [3.05, 3.63) is 42.5 Å². The van der Waals surface area contributed by atoms with Gasteiger partial charge < -0.3 is 19.7 Å². The third kappa shape index (κ3) is 6.87. The van der Waals surface area contributed by atoms with Crippen LogP contribution in [0.4, 0.5) is 5.69 Å². The molecule has 1 aromatic rings. The number of ether oxygens (including phenoxy) is 2.